The van der Waals surface area contributed by atoms with Gasteiger partial charge in [0.15, 0.2) is 0 Å². The van der Waals surface area contributed by atoms with E-state index < -0.39 is 5.41 Å². The molecule has 0 aliphatic heterocycles. The van der Waals surface area contributed by atoms with Crippen molar-refractivity contribution in [2.24, 2.45) is 0 Å². The third-order valence-corrected chi connectivity index (χ3v) is 11.2. The molecule has 0 aromatic heterocycles. The molecule has 0 N–H and O–H groups in total. The molecule has 0 heterocycles. The van der Waals surface area contributed by atoms with E-state index in [0.717, 1.165) is 11.1 Å². The molecule has 8 rings (SSSR count). The highest BCUT2D eigenvalue weighted by Gasteiger charge is 2.50. The smallest absolute Gasteiger partial charge is 0.0805 e. The van der Waals surface area contributed by atoms with Gasteiger partial charge in [-0.1, -0.05) is 146 Å². The van der Waals surface area contributed by atoms with Crippen LogP contribution in [0, 0.1) is 0 Å². The van der Waals surface area contributed by atoms with Crippen LogP contribution in [0.15, 0.2) is 169 Å². The number of halogens is 2. The summed E-state index contributed by atoms with van der Waals surface area (Å²) in [7, 11) is 0. The first-order chi connectivity index (χ1) is 23.0. The van der Waals surface area contributed by atoms with Gasteiger partial charge in [-0.15, -0.1) is 23.2 Å². The number of alkyl halides is 2. The summed E-state index contributed by atoms with van der Waals surface area (Å²) in [6.07, 6.45) is 0. The minimum atomic E-state index is -0.696. The van der Waals surface area contributed by atoms with Gasteiger partial charge in [0.1, 0.15) is 0 Å². The molecule has 2 aliphatic rings. The summed E-state index contributed by atoms with van der Waals surface area (Å²) in [5.74, 6) is 0. The van der Waals surface area contributed by atoms with Gasteiger partial charge in [0.25, 0.3) is 0 Å². The lowest BCUT2D eigenvalue weighted by Crippen LogP contribution is -2.32. The zero-order chi connectivity index (χ0) is 32.1. The average Bonchev–Trinajstić information content (AvgIpc) is 3.54. The third-order valence-electron chi connectivity index (χ3n) is 10.1. The maximum absolute atomic E-state index is 7.44. The van der Waals surface area contributed by atoms with E-state index in [1.165, 1.54) is 66.8 Å². The van der Waals surface area contributed by atoms with Crippen LogP contribution in [0.2, 0.25) is 0 Å². The second-order valence-corrected chi connectivity index (χ2v) is 13.5. The summed E-state index contributed by atoms with van der Waals surface area (Å²) in [4.78, 5) is 0. The van der Waals surface area contributed by atoms with Crippen LogP contribution < -0.4 is 0 Å². The molecule has 47 heavy (non-hydrogen) atoms. The first-order valence-electron chi connectivity index (χ1n) is 16.2. The molecule has 2 heteroatoms. The molecule has 228 valence electrons. The van der Waals surface area contributed by atoms with Gasteiger partial charge in [0, 0.05) is 0 Å². The van der Waals surface area contributed by atoms with Crippen molar-refractivity contribution in [2.45, 2.75) is 30.0 Å². The Labute approximate surface area is 287 Å². The van der Waals surface area contributed by atoms with E-state index >= 15 is 0 Å². The van der Waals surface area contributed by atoms with Gasteiger partial charge < -0.3 is 0 Å². The summed E-state index contributed by atoms with van der Waals surface area (Å²) < 4.78 is 0. The van der Waals surface area contributed by atoms with Crippen molar-refractivity contribution in [2.75, 3.05) is 0 Å². The minimum Gasteiger partial charge on any atom is -0.113 e. The van der Waals surface area contributed by atoms with Crippen molar-refractivity contribution in [3.05, 3.63) is 202 Å². The number of rotatable bonds is 6. The Morgan fingerprint density at radius 1 is 0.404 bits per heavy atom. The highest BCUT2D eigenvalue weighted by Crippen LogP contribution is 2.64. The molecule has 6 aromatic carbocycles. The van der Waals surface area contributed by atoms with Crippen LogP contribution in [-0.2, 0) is 5.41 Å². The zero-order valence-electron chi connectivity index (χ0n) is 26.4. The van der Waals surface area contributed by atoms with E-state index in [-0.39, 0.29) is 10.8 Å². The fourth-order valence-electron chi connectivity index (χ4n) is 7.99. The molecule has 2 unspecified atom stereocenters. The van der Waals surface area contributed by atoms with Gasteiger partial charge >= 0.3 is 0 Å². The summed E-state index contributed by atoms with van der Waals surface area (Å²) in [5.41, 5.74) is 15.9. The van der Waals surface area contributed by atoms with Gasteiger partial charge in [-0.05, 0) is 104 Å². The number of hydrogen-bond acceptors (Lipinski definition) is 0. The average molecular weight is 646 g/mol. The Morgan fingerprint density at radius 3 is 1.11 bits per heavy atom. The van der Waals surface area contributed by atoms with Gasteiger partial charge in [0.2, 0.25) is 0 Å². The molecule has 0 fully saturated rings. The fraction of sp³-hybridized carbons (Fsp3) is 0.111. The van der Waals surface area contributed by atoms with E-state index in [4.69, 9.17) is 23.2 Å². The van der Waals surface area contributed by atoms with Crippen LogP contribution in [0.5, 0.6) is 0 Å². The minimum absolute atomic E-state index is 0.249. The molecule has 0 amide bonds. The first kappa shape index (κ1) is 29.8. The summed E-state index contributed by atoms with van der Waals surface area (Å²) in [6.45, 7) is 4.44. The molecule has 0 bridgehead atoms. The van der Waals surface area contributed by atoms with E-state index in [1.54, 1.807) is 0 Å². The van der Waals surface area contributed by atoms with Crippen molar-refractivity contribution in [1.82, 2.24) is 0 Å². The number of fused-ring (bicyclic) bond motifs is 2. The molecule has 0 radical (unpaired) electrons. The van der Waals surface area contributed by atoms with Crippen LogP contribution in [0.25, 0.3) is 33.4 Å². The Bertz CT molecular complexity index is 2000. The van der Waals surface area contributed by atoms with Crippen molar-refractivity contribution >= 4 is 34.3 Å². The van der Waals surface area contributed by atoms with Crippen LogP contribution in [0.3, 0.4) is 0 Å². The predicted molar refractivity (Wildman–Crippen MR) is 200 cm³/mol. The summed E-state index contributed by atoms with van der Waals surface area (Å²) >= 11 is 14.9. The molecule has 6 aromatic rings. The normalized spacial score (nSPS) is 17.2. The monoisotopic (exact) mass is 644 g/mol. The molecular formula is C45H34Cl2. The topological polar surface area (TPSA) is 0 Å². The Kier molecular flexibility index (Phi) is 7.52. The summed E-state index contributed by atoms with van der Waals surface area (Å²) in [6, 6.07) is 56.8. The molecule has 2 atom stereocenters. The molecule has 0 spiro atoms. The highest BCUT2D eigenvalue weighted by molar-refractivity contribution is 6.27. The van der Waals surface area contributed by atoms with Gasteiger partial charge in [-0.25, -0.2) is 0 Å². The SMILES string of the molecule is CC1=C(C(C2=C(C)C(Cl)c3ccc(-c4ccccc4)cc32)(c2ccccc2)c2ccccc2)c2cc(-c3ccccc3)ccc2C1Cl. The van der Waals surface area contributed by atoms with E-state index in [2.05, 4.69) is 172 Å². The van der Waals surface area contributed by atoms with Gasteiger partial charge in [0.05, 0.1) is 16.2 Å². The fourth-order valence-corrected chi connectivity index (χ4v) is 8.59. The number of allylic oxidation sites excluding steroid dienone is 4. The molecule has 2 aliphatic carbocycles. The third kappa shape index (κ3) is 4.66. The van der Waals surface area contributed by atoms with Crippen LogP contribution in [0.4, 0.5) is 0 Å². The van der Waals surface area contributed by atoms with Crippen molar-refractivity contribution in [3.8, 4) is 22.3 Å². The first-order valence-corrected chi connectivity index (χ1v) is 17.1. The predicted octanol–water partition coefficient (Wildman–Crippen LogP) is 12.8. The lowest BCUT2D eigenvalue weighted by Gasteiger charge is -2.41. The van der Waals surface area contributed by atoms with Crippen LogP contribution >= 0.6 is 23.2 Å². The van der Waals surface area contributed by atoms with E-state index in [1.807, 2.05) is 0 Å². The lowest BCUT2D eigenvalue weighted by molar-refractivity contribution is 0.851. The second kappa shape index (κ2) is 11.9. The second-order valence-electron chi connectivity index (χ2n) is 12.7. The highest BCUT2D eigenvalue weighted by atomic mass is 35.5. The maximum Gasteiger partial charge on any atom is 0.0805 e. The van der Waals surface area contributed by atoms with Crippen molar-refractivity contribution in [1.29, 1.82) is 0 Å². The Balaban J connectivity index is 1.50. The lowest BCUT2D eigenvalue weighted by atomic mass is 9.60. The zero-order valence-corrected chi connectivity index (χ0v) is 27.9. The van der Waals surface area contributed by atoms with Crippen LogP contribution in [0.1, 0.15) is 58.0 Å². The van der Waals surface area contributed by atoms with E-state index in [9.17, 15) is 0 Å². The number of benzene rings is 6. The van der Waals surface area contributed by atoms with Gasteiger partial charge in [-0.2, -0.15) is 0 Å². The maximum atomic E-state index is 7.44. The van der Waals surface area contributed by atoms with E-state index in [0.29, 0.717) is 0 Å². The Hall–Kier alpha value is -4.62. The van der Waals surface area contributed by atoms with Crippen molar-refractivity contribution in [3.63, 3.8) is 0 Å². The van der Waals surface area contributed by atoms with Crippen LogP contribution in [-0.4, -0.2) is 0 Å². The standard InChI is InChI=1S/C45H34Cl2/c1-29-41(39-27-33(23-25-37(39)43(29)46)31-15-7-3-8-16-31)45(35-19-11-5-12-20-35,36-21-13-6-14-22-36)42-30(2)44(47)38-26-24-34(28-40(38)42)32-17-9-4-10-18-32/h3-28,43-44H,1-2H3. The molecule has 0 saturated carbocycles. The molecule has 0 saturated heterocycles. The largest absolute Gasteiger partial charge is 0.113 e. The Morgan fingerprint density at radius 2 is 0.745 bits per heavy atom. The summed E-state index contributed by atoms with van der Waals surface area (Å²) in [5, 5.41) is -0.498. The van der Waals surface area contributed by atoms with Gasteiger partial charge in [-0.3, -0.25) is 0 Å². The molecular weight excluding hydrogens is 611 g/mol. The number of hydrogen-bond donors (Lipinski definition) is 0. The quantitative estimate of drug-likeness (QED) is 0.158. The molecule has 0 nitrogen and oxygen atoms in total. The van der Waals surface area contributed by atoms with Crippen molar-refractivity contribution < 1.29 is 0 Å².